The number of carboxylic acid groups (broad SMARTS) is 1. The van der Waals surface area contributed by atoms with Crippen molar-refractivity contribution < 1.29 is 57.7 Å². The maximum absolute atomic E-state index is 14.5. The molecule has 22 heteroatoms. The van der Waals surface area contributed by atoms with E-state index >= 15 is 0 Å². The van der Waals surface area contributed by atoms with Crippen molar-refractivity contribution in [2.75, 3.05) is 27.8 Å². The van der Waals surface area contributed by atoms with Crippen LogP contribution < -0.4 is 43.4 Å². The number of benzene rings is 1. The minimum atomic E-state index is -1.88. The summed E-state index contributed by atoms with van der Waals surface area (Å²) in [5, 5.41) is 26.3. The number of nitrogens with zero attached hydrogens (tertiary/aromatic N) is 2. The zero-order valence-corrected chi connectivity index (χ0v) is 46.1. The summed E-state index contributed by atoms with van der Waals surface area (Å²) in [6.45, 7) is 17.6. The predicted molar refractivity (Wildman–Crippen MR) is 287 cm³/mol. The topological polar surface area (TPSA) is 332 Å². The third kappa shape index (κ3) is 21.6. The molecule has 0 aliphatic carbocycles. The fourth-order valence-corrected chi connectivity index (χ4v) is 8.26. The molecule has 1 aliphatic rings. The van der Waals surface area contributed by atoms with Gasteiger partial charge in [-0.2, -0.15) is 0 Å². The summed E-state index contributed by atoms with van der Waals surface area (Å²) in [4.78, 5) is 129. The van der Waals surface area contributed by atoms with Crippen LogP contribution in [0.3, 0.4) is 0 Å². The fourth-order valence-electron chi connectivity index (χ4n) is 8.26. The zero-order chi connectivity index (χ0) is 57.4. The molecular formula is C54H84N10O12. The maximum atomic E-state index is 14.5. The Kier molecular flexibility index (Phi) is 27.7. The monoisotopic (exact) mass is 1060 g/mol. The van der Waals surface area contributed by atoms with Gasteiger partial charge in [-0.05, 0) is 62.8 Å². The Hall–Kier alpha value is -7.10. The Morgan fingerprint density at radius 3 is 2.01 bits per heavy atom. The molecule has 0 unspecified atom stereocenters. The van der Waals surface area contributed by atoms with Crippen molar-refractivity contribution in [2.24, 2.45) is 46.0 Å². The molecule has 1 saturated heterocycles. The molecule has 0 spiro atoms. The van der Waals surface area contributed by atoms with Gasteiger partial charge in [-0.25, -0.2) is 9.59 Å². The van der Waals surface area contributed by atoms with E-state index in [-0.39, 0.29) is 74.2 Å². The molecule has 11 atom stereocenters. The molecule has 7 amide bonds. The number of hydrogen-bond donors (Lipinski definition) is 9. The number of methoxy groups -OCH3 is 2. The Balaban J connectivity index is 2.82. The van der Waals surface area contributed by atoms with Crippen LogP contribution in [0, 0.1) is 29.6 Å². The minimum absolute atomic E-state index is 0.0364. The first kappa shape index (κ1) is 65.0. The van der Waals surface area contributed by atoms with Crippen molar-refractivity contribution in [3.63, 3.8) is 0 Å². The Morgan fingerprint density at radius 1 is 0.842 bits per heavy atom. The third-order valence-electron chi connectivity index (χ3n) is 13.4. The van der Waals surface area contributed by atoms with Crippen LogP contribution in [0.1, 0.15) is 106 Å². The van der Waals surface area contributed by atoms with Gasteiger partial charge < -0.3 is 62.8 Å². The number of nitrogens with one attached hydrogen (secondary N) is 6. The molecule has 0 radical (unpaired) electrons. The largest absolute Gasteiger partial charge is 0.480 e. The van der Waals surface area contributed by atoms with Crippen LogP contribution in [-0.4, -0.2) is 139 Å². The molecule has 422 valence electrons. The normalized spacial score (nSPS) is 24.8. The van der Waals surface area contributed by atoms with Gasteiger partial charge >= 0.3 is 11.9 Å². The highest BCUT2D eigenvalue weighted by atomic mass is 16.5. The molecule has 0 bridgehead atoms. The number of guanidine groups is 1. The highest BCUT2D eigenvalue weighted by molar-refractivity contribution is 6.00. The number of amides is 7. The Bertz CT molecular complexity index is 2270. The lowest BCUT2D eigenvalue weighted by molar-refractivity contribution is -0.147. The summed E-state index contributed by atoms with van der Waals surface area (Å²) in [6, 6.07) is 1.41. The summed E-state index contributed by atoms with van der Waals surface area (Å²) >= 11 is 0. The van der Waals surface area contributed by atoms with E-state index in [2.05, 4.69) is 43.5 Å². The van der Waals surface area contributed by atoms with Gasteiger partial charge in [0.2, 0.25) is 35.4 Å². The number of likely N-dealkylation sites (N-methyl/N-ethyl adjacent to an activating group) is 1. The smallest absolute Gasteiger partial charge is 0.328 e. The van der Waals surface area contributed by atoms with Crippen molar-refractivity contribution in [1.29, 1.82) is 0 Å². The standard InChI is InChI=1S/C54H84N10O12/c1-13-31(4)28-42-51(71)63-45(52(72)73)35(8)47(67)59-39(20-17-25-57-54(55)56)49(69)58-38(22-21-32(5)27-33(6)43(75-11)29-37-18-15-14-16-19-37)34(7)46(66)60-40(53(74)76-12)23-24-44(65)64(10)36(9)48(68)61-41(26-30(2)3)50(70)62-42/h14-16,18-19,21-22,27,30-31,33-35,38-43,45H,9,13,17,20,23-26,28-29H2,1-8,10-12H3,(H,58,69)(H,59,67)(H,60,66)(H,61,68)(H,62,70)(H,63,71)(H,72,73)(H4,55,56,57)/b22-21+,32-27+/t31-,33-,34-,35-,38-,39-,40+,41+,42-,43-,45+/m0/s1. The molecule has 22 nitrogen and oxygen atoms in total. The number of carbonyl (C=O) groups is 9. The fraction of sp³-hybridized carbons (Fsp3) is 0.593. The molecule has 1 aromatic carbocycles. The van der Waals surface area contributed by atoms with E-state index in [1.54, 1.807) is 33.1 Å². The van der Waals surface area contributed by atoms with E-state index in [1.165, 1.54) is 20.9 Å². The minimum Gasteiger partial charge on any atom is -0.480 e. The predicted octanol–water partition coefficient (Wildman–Crippen LogP) is 2.12. The molecule has 76 heavy (non-hydrogen) atoms. The van der Waals surface area contributed by atoms with Crippen LogP contribution >= 0.6 is 0 Å². The van der Waals surface area contributed by atoms with E-state index in [4.69, 9.17) is 20.9 Å². The molecule has 0 aromatic heterocycles. The SMILES string of the molecule is C=C1C(=O)N[C@H](CC(C)C)C(=O)N[C@@H](C[C@@H](C)CC)C(=O)N[C@@H](C(=O)O)[C@H](C)C(=O)N[C@@H](CCCN=C(N)N)C(=O)N[C@@H](/C=C/C(C)=C/[C@H](C)[C@H](Cc2ccccc2)OC)[C@H](C)C(=O)N[C@@H](C(=O)OC)CCC(=O)N1C. The van der Waals surface area contributed by atoms with E-state index in [1.807, 2.05) is 64.1 Å². The molecular weight excluding hydrogens is 981 g/mol. The van der Waals surface area contributed by atoms with Crippen molar-refractivity contribution in [2.45, 2.75) is 149 Å². The number of allylic oxidation sites excluding steroid dienone is 2. The van der Waals surface area contributed by atoms with Gasteiger partial charge in [0.25, 0.3) is 5.91 Å². The van der Waals surface area contributed by atoms with E-state index in [0.717, 1.165) is 23.1 Å². The van der Waals surface area contributed by atoms with E-state index in [9.17, 15) is 48.3 Å². The number of aliphatic carboxylic acids is 1. The van der Waals surface area contributed by atoms with Crippen molar-refractivity contribution >= 4 is 59.2 Å². The lowest BCUT2D eigenvalue weighted by Crippen LogP contribution is -2.59. The van der Waals surface area contributed by atoms with Crippen LogP contribution in [0.5, 0.6) is 0 Å². The van der Waals surface area contributed by atoms with Gasteiger partial charge in [0.05, 0.1) is 31.1 Å². The first-order chi connectivity index (χ1) is 35.7. The Morgan fingerprint density at radius 2 is 1.43 bits per heavy atom. The molecule has 2 rings (SSSR count). The lowest BCUT2D eigenvalue weighted by Gasteiger charge is -2.29. The van der Waals surface area contributed by atoms with Crippen molar-refractivity contribution in [3.8, 4) is 0 Å². The summed E-state index contributed by atoms with van der Waals surface area (Å²) in [5.41, 5.74) is 12.6. The second-order valence-corrected chi connectivity index (χ2v) is 20.0. The first-order valence-electron chi connectivity index (χ1n) is 25.8. The number of carbonyl (C=O) groups excluding carboxylic acids is 8. The zero-order valence-electron chi connectivity index (χ0n) is 46.1. The van der Waals surface area contributed by atoms with Crippen LogP contribution in [0.15, 0.2) is 71.4 Å². The lowest BCUT2D eigenvalue weighted by atomic mass is 9.94. The van der Waals surface area contributed by atoms with E-state index in [0.29, 0.717) is 12.8 Å². The molecule has 1 heterocycles. The molecule has 0 saturated carbocycles. The number of aliphatic imine (C=N–C) groups is 1. The van der Waals surface area contributed by atoms with Crippen LogP contribution in [0.4, 0.5) is 0 Å². The summed E-state index contributed by atoms with van der Waals surface area (Å²) in [5.74, 6) is -11.6. The quantitative estimate of drug-likeness (QED) is 0.0254. The number of carboxylic acids is 1. The second kappa shape index (κ2) is 32.4. The van der Waals surface area contributed by atoms with Gasteiger partial charge in [-0.15, -0.1) is 0 Å². The van der Waals surface area contributed by atoms with Gasteiger partial charge in [-0.1, -0.05) is 116 Å². The third-order valence-corrected chi connectivity index (χ3v) is 13.4. The highest BCUT2D eigenvalue weighted by Crippen LogP contribution is 2.20. The highest BCUT2D eigenvalue weighted by Gasteiger charge is 2.38. The van der Waals surface area contributed by atoms with Gasteiger partial charge in [0.1, 0.15) is 35.9 Å². The average Bonchev–Trinajstić information content (AvgIpc) is 3.37. The van der Waals surface area contributed by atoms with E-state index < -0.39 is 108 Å². The Labute approximate surface area is 447 Å². The van der Waals surface area contributed by atoms with Gasteiger partial charge in [-0.3, -0.25) is 38.6 Å². The number of esters is 1. The van der Waals surface area contributed by atoms with Crippen molar-refractivity contribution in [1.82, 2.24) is 36.8 Å². The maximum Gasteiger partial charge on any atom is 0.328 e. The first-order valence-corrected chi connectivity index (χ1v) is 25.8. The number of nitrogens with two attached hydrogens (primary N) is 2. The molecule has 1 fully saturated rings. The summed E-state index contributed by atoms with van der Waals surface area (Å²) in [7, 11) is 4.00. The summed E-state index contributed by atoms with van der Waals surface area (Å²) in [6.07, 6.45) is 5.70. The number of ether oxygens (including phenoxy) is 2. The van der Waals surface area contributed by atoms with Gasteiger partial charge in [0.15, 0.2) is 5.96 Å². The van der Waals surface area contributed by atoms with Crippen LogP contribution in [-0.2, 0) is 59.0 Å². The number of rotatable bonds is 18. The van der Waals surface area contributed by atoms with Crippen LogP contribution in [0.2, 0.25) is 0 Å². The van der Waals surface area contributed by atoms with Gasteiger partial charge in [0, 0.05) is 33.0 Å². The molecule has 1 aliphatic heterocycles. The second-order valence-electron chi connectivity index (χ2n) is 20.0. The molecule has 1 aromatic rings. The molecule has 11 N–H and O–H groups in total. The number of hydrogen-bond acceptors (Lipinski definition) is 12. The average molecular weight is 1070 g/mol. The summed E-state index contributed by atoms with van der Waals surface area (Å²) < 4.78 is 10.8. The van der Waals surface area contributed by atoms with Crippen LogP contribution in [0.25, 0.3) is 0 Å². The van der Waals surface area contributed by atoms with Crippen molar-refractivity contribution in [3.05, 3.63) is 72.0 Å².